The van der Waals surface area contributed by atoms with Gasteiger partial charge in [0.25, 0.3) is 0 Å². The summed E-state index contributed by atoms with van der Waals surface area (Å²) < 4.78 is 78.2. The molecule has 0 atom stereocenters. The summed E-state index contributed by atoms with van der Waals surface area (Å²) in [6.45, 7) is 1.77. The molecule has 2 heterocycles. The van der Waals surface area contributed by atoms with E-state index in [1.807, 2.05) is 22.6 Å². The number of hydrogen-bond donors (Lipinski definition) is 0. The predicted octanol–water partition coefficient (Wildman–Crippen LogP) is 6.10. The molecule has 160 valence electrons. The van der Waals surface area contributed by atoms with Crippen molar-refractivity contribution < 1.29 is 26.3 Å². The SMILES string of the molecule is Cc1nn(C)c2cc(C(F)(F)F)ccc12.Cn1nc(I)c2ccc(C(F)(F)F)cc21. The van der Waals surface area contributed by atoms with Gasteiger partial charge in [-0.3, -0.25) is 9.36 Å². The fourth-order valence-electron chi connectivity index (χ4n) is 3.00. The van der Waals surface area contributed by atoms with Crippen LogP contribution in [0.5, 0.6) is 0 Å². The molecule has 0 fully saturated rings. The first kappa shape index (κ1) is 22.4. The van der Waals surface area contributed by atoms with E-state index in [0.717, 1.165) is 40.7 Å². The van der Waals surface area contributed by atoms with E-state index in [1.54, 1.807) is 21.0 Å². The van der Waals surface area contributed by atoms with Crippen molar-refractivity contribution in [2.75, 3.05) is 0 Å². The number of rotatable bonds is 0. The molecule has 0 aliphatic heterocycles. The molecule has 0 N–H and O–H groups in total. The third kappa shape index (κ3) is 4.40. The molecule has 11 heteroatoms. The van der Waals surface area contributed by atoms with Gasteiger partial charge in [-0.2, -0.15) is 36.5 Å². The zero-order valence-corrected chi connectivity index (χ0v) is 18.1. The largest absolute Gasteiger partial charge is 0.416 e. The molecule has 30 heavy (non-hydrogen) atoms. The molecule has 0 saturated carbocycles. The van der Waals surface area contributed by atoms with Crippen molar-refractivity contribution in [1.82, 2.24) is 19.6 Å². The van der Waals surface area contributed by atoms with Crippen LogP contribution in [0, 0.1) is 10.6 Å². The summed E-state index contributed by atoms with van der Waals surface area (Å²) in [5.41, 5.74) is 0.449. The molecule has 0 saturated heterocycles. The molecular formula is C19H15F6IN4. The summed E-state index contributed by atoms with van der Waals surface area (Å²) in [7, 11) is 3.26. The van der Waals surface area contributed by atoms with Crippen LogP contribution in [0.25, 0.3) is 21.8 Å². The van der Waals surface area contributed by atoms with E-state index >= 15 is 0 Å². The molecule has 4 nitrogen and oxygen atoms in total. The highest BCUT2D eigenvalue weighted by Gasteiger charge is 2.31. The Kier molecular flexibility index (Phi) is 5.78. The number of alkyl halides is 6. The number of nitrogens with zero attached hydrogens (tertiary/aromatic N) is 4. The van der Waals surface area contributed by atoms with Crippen LogP contribution in [-0.2, 0) is 26.4 Å². The molecule has 0 radical (unpaired) electrons. The molecular weight excluding hydrogens is 525 g/mol. The number of halogens is 7. The maximum atomic E-state index is 12.4. The third-order valence-corrected chi connectivity index (χ3v) is 5.29. The van der Waals surface area contributed by atoms with E-state index in [0.29, 0.717) is 14.7 Å². The van der Waals surface area contributed by atoms with E-state index in [2.05, 4.69) is 10.2 Å². The van der Waals surface area contributed by atoms with Gasteiger partial charge in [0.1, 0.15) is 3.70 Å². The van der Waals surface area contributed by atoms with Crippen molar-refractivity contribution in [3.8, 4) is 0 Å². The second-order valence-corrected chi connectivity index (χ2v) is 7.60. The number of aromatic nitrogens is 4. The zero-order valence-electron chi connectivity index (χ0n) is 15.9. The van der Waals surface area contributed by atoms with Gasteiger partial charge in [0.05, 0.1) is 27.9 Å². The smallest absolute Gasteiger partial charge is 0.268 e. The molecule has 4 aromatic rings. The Hall–Kier alpha value is -2.31. The van der Waals surface area contributed by atoms with Crippen molar-refractivity contribution in [3.05, 3.63) is 56.9 Å². The number of benzene rings is 2. The summed E-state index contributed by atoms with van der Waals surface area (Å²) in [4.78, 5) is 0. The standard InChI is InChI=1S/C10H9F3N2.C9H6F3IN2/c1-6-8-4-3-7(10(11,12)13)5-9(8)15(2)14-6;1-15-7-4-5(9(10,11)12)2-3-6(7)8(13)14-15/h3-5H,1-2H3;2-4H,1H3. The summed E-state index contributed by atoms with van der Waals surface area (Å²) in [5.74, 6) is 0. The molecule has 0 bridgehead atoms. The molecule has 0 spiro atoms. The van der Waals surface area contributed by atoms with Gasteiger partial charge in [-0.25, -0.2) is 0 Å². The highest BCUT2D eigenvalue weighted by molar-refractivity contribution is 14.1. The van der Waals surface area contributed by atoms with Gasteiger partial charge in [0.2, 0.25) is 0 Å². The minimum Gasteiger partial charge on any atom is -0.268 e. The van der Waals surface area contributed by atoms with E-state index in [4.69, 9.17) is 0 Å². The minimum atomic E-state index is -4.30. The van der Waals surface area contributed by atoms with Gasteiger partial charge in [0, 0.05) is 24.9 Å². The molecule has 2 aromatic heterocycles. The van der Waals surface area contributed by atoms with Crippen molar-refractivity contribution in [1.29, 1.82) is 0 Å². The second-order valence-electron chi connectivity index (χ2n) is 6.58. The summed E-state index contributed by atoms with van der Waals surface area (Å²) >= 11 is 2.00. The molecule has 0 aliphatic carbocycles. The Balaban J connectivity index is 0.000000171. The minimum absolute atomic E-state index is 0.495. The number of hydrogen-bond acceptors (Lipinski definition) is 2. The van der Waals surface area contributed by atoms with Crippen LogP contribution in [0.2, 0.25) is 0 Å². The van der Waals surface area contributed by atoms with Crippen molar-refractivity contribution in [2.24, 2.45) is 14.1 Å². The van der Waals surface area contributed by atoms with E-state index in [9.17, 15) is 26.3 Å². The Morgan fingerprint density at radius 3 is 1.67 bits per heavy atom. The van der Waals surface area contributed by atoms with Gasteiger partial charge in [-0.15, -0.1) is 0 Å². The highest BCUT2D eigenvalue weighted by Crippen LogP contribution is 2.33. The number of fused-ring (bicyclic) bond motifs is 2. The third-order valence-electron chi connectivity index (χ3n) is 4.50. The Bertz CT molecular complexity index is 1120. The lowest BCUT2D eigenvalue weighted by Crippen LogP contribution is -2.04. The molecule has 2 aromatic carbocycles. The van der Waals surface area contributed by atoms with Crippen LogP contribution in [0.4, 0.5) is 26.3 Å². The van der Waals surface area contributed by atoms with Crippen LogP contribution in [-0.4, -0.2) is 19.6 Å². The summed E-state index contributed by atoms with van der Waals surface area (Å²) in [5, 5.41) is 9.61. The van der Waals surface area contributed by atoms with E-state index in [1.165, 1.54) is 21.5 Å². The first-order chi connectivity index (χ1) is 13.8. The molecule has 0 unspecified atom stereocenters. The summed E-state index contributed by atoms with van der Waals surface area (Å²) in [6, 6.07) is 7.30. The van der Waals surface area contributed by atoms with Crippen LogP contribution in [0.1, 0.15) is 16.8 Å². The Morgan fingerprint density at radius 2 is 1.17 bits per heavy atom. The van der Waals surface area contributed by atoms with Crippen molar-refractivity contribution in [2.45, 2.75) is 19.3 Å². The van der Waals surface area contributed by atoms with Crippen molar-refractivity contribution >= 4 is 44.4 Å². The number of aryl methyl sites for hydroxylation is 3. The van der Waals surface area contributed by atoms with Gasteiger partial charge in [-0.05, 0) is 59.8 Å². The first-order valence-corrected chi connectivity index (χ1v) is 9.57. The quantitative estimate of drug-likeness (QED) is 0.200. The van der Waals surface area contributed by atoms with Crippen LogP contribution < -0.4 is 0 Å². The Labute approximate surface area is 180 Å². The monoisotopic (exact) mass is 540 g/mol. The molecule has 0 amide bonds. The lowest BCUT2D eigenvalue weighted by Gasteiger charge is -2.06. The fourth-order valence-corrected chi connectivity index (χ4v) is 3.78. The lowest BCUT2D eigenvalue weighted by atomic mass is 10.1. The van der Waals surface area contributed by atoms with E-state index in [-0.39, 0.29) is 0 Å². The second kappa shape index (κ2) is 7.75. The van der Waals surface area contributed by atoms with Gasteiger partial charge in [-0.1, -0.05) is 6.07 Å². The first-order valence-electron chi connectivity index (χ1n) is 8.49. The maximum absolute atomic E-state index is 12.4. The van der Waals surface area contributed by atoms with Crippen LogP contribution in [0.3, 0.4) is 0 Å². The van der Waals surface area contributed by atoms with Gasteiger partial charge < -0.3 is 0 Å². The van der Waals surface area contributed by atoms with Crippen molar-refractivity contribution in [3.63, 3.8) is 0 Å². The summed E-state index contributed by atoms with van der Waals surface area (Å²) in [6.07, 6.45) is -8.60. The maximum Gasteiger partial charge on any atom is 0.416 e. The van der Waals surface area contributed by atoms with Crippen LogP contribution >= 0.6 is 22.6 Å². The van der Waals surface area contributed by atoms with Crippen LogP contribution in [0.15, 0.2) is 36.4 Å². The zero-order chi connectivity index (χ0) is 22.4. The van der Waals surface area contributed by atoms with E-state index < -0.39 is 23.5 Å². The fraction of sp³-hybridized carbons (Fsp3) is 0.263. The lowest BCUT2D eigenvalue weighted by molar-refractivity contribution is -0.138. The average molecular weight is 540 g/mol. The topological polar surface area (TPSA) is 35.6 Å². The average Bonchev–Trinajstić information content (AvgIpc) is 3.09. The predicted molar refractivity (Wildman–Crippen MR) is 109 cm³/mol. The van der Waals surface area contributed by atoms with Gasteiger partial charge >= 0.3 is 12.4 Å². The van der Waals surface area contributed by atoms with Gasteiger partial charge in [0.15, 0.2) is 0 Å². The normalized spacial score (nSPS) is 12.3. The molecule has 4 rings (SSSR count). The molecule has 0 aliphatic rings. The Morgan fingerprint density at radius 1 is 0.733 bits per heavy atom. The highest BCUT2D eigenvalue weighted by atomic mass is 127.